The average Bonchev–Trinajstić information content (AvgIpc) is 2.16. The van der Waals surface area contributed by atoms with Crippen LogP contribution in [0.2, 0.25) is 0 Å². The zero-order valence-electron chi connectivity index (χ0n) is 7.40. The number of nitrogens with zero attached hydrogens (tertiary/aromatic N) is 1. The molecule has 0 aliphatic rings. The van der Waals surface area contributed by atoms with Gasteiger partial charge >= 0.3 is 0 Å². The number of carbonyl (C=O) groups excluding carboxylic acids is 1. The summed E-state index contributed by atoms with van der Waals surface area (Å²) in [7, 11) is 1.97. The van der Waals surface area contributed by atoms with Crippen LogP contribution in [0.3, 0.4) is 0 Å². The van der Waals surface area contributed by atoms with Gasteiger partial charge in [-0.15, -0.1) is 0 Å². The Hall–Kier alpha value is -1.70. The number of aryl methyl sites for hydroxylation is 1. The van der Waals surface area contributed by atoms with E-state index >= 15 is 0 Å². The first kappa shape index (κ1) is 7.92. The summed E-state index contributed by atoms with van der Waals surface area (Å²) >= 11 is 0. The van der Waals surface area contributed by atoms with E-state index in [0.717, 1.165) is 22.6 Å². The molecule has 0 N–H and O–H groups in total. The van der Waals surface area contributed by atoms with Crippen molar-refractivity contribution in [1.29, 1.82) is 0 Å². The summed E-state index contributed by atoms with van der Waals surface area (Å²) in [6, 6.07) is 7.68. The third-order valence-corrected chi connectivity index (χ3v) is 2.12. The molecule has 0 atom stereocenters. The second kappa shape index (κ2) is 2.98. The summed E-state index contributed by atoms with van der Waals surface area (Å²) in [5.41, 5.74) is 0.748. The van der Waals surface area contributed by atoms with E-state index in [-0.39, 0.29) is 0 Å². The van der Waals surface area contributed by atoms with Crippen molar-refractivity contribution >= 4 is 17.1 Å². The highest BCUT2D eigenvalue weighted by Gasteiger charge is 2.02. The lowest BCUT2D eigenvalue weighted by Gasteiger charge is -1.97. The van der Waals surface area contributed by atoms with Crippen molar-refractivity contribution in [2.24, 2.45) is 7.05 Å². The van der Waals surface area contributed by atoms with Crippen LogP contribution in [0.4, 0.5) is 0 Å². The van der Waals surface area contributed by atoms with Crippen molar-refractivity contribution in [2.45, 2.75) is 0 Å². The minimum atomic E-state index is 0.748. The highest BCUT2D eigenvalue weighted by molar-refractivity contribution is 5.97. The molecule has 0 amide bonds. The van der Waals surface area contributed by atoms with E-state index in [0.29, 0.717) is 0 Å². The smallest absolute Gasteiger partial charge is 0.176 e. The molecule has 2 nitrogen and oxygen atoms in total. The number of rotatable bonds is 1. The second-order valence-electron chi connectivity index (χ2n) is 3.08. The van der Waals surface area contributed by atoms with Crippen molar-refractivity contribution in [3.8, 4) is 0 Å². The first-order valence-corrected chi connectivity index (χ1v) is 4.14. The minimum absolute atomic E-state index is 0.748. The lowest BCUT2D eigenvalue weighted by Crippen LogP contribution is -2.25. The number of fused-ring (bicyclic) bond motifs is 1. The number of aromatic nitrogens is 1. The maximum atomic E-state index is 10.7. The monoisotopic (exact) mass is 172 g/mol. The van der Waals surface area contributed by atoms with Gasteiger partial charge in [0.1, 0.15) is 7.05 Å². The van der Waals surface area contributed by atoms with Crippen molar-refractivity contribution in [3.05, 3.63) is 42.2 Å². The molecular weight excluding hydrogens is 162 g/mol. The number of hydrogen-bond donors (Lipinski definition) is 0. The van der Waals surface area contributed by atoms with Crippen LogP contribution in [0.25, 0.3) is 10.8 Å². The molecule has 1 aromatic carbocycles. The molecule has 0 saturated heterocycles. The van der Waals surface area contributed by atoms with Crippen molar-refractivity contribution in [2.75, 3.05) is 0 Å². The molecule has 0 spiro atoms. The Morgan fingerprint density at radius 3 is 2.92 bits per heavy atom. The van der Waals surface area contributed by atoms with Crippen LogP contribution in [0, 0.1) is 0 Å². The SMILES string of the molecule is C[n+]1ccc2c(C=O)cccc2c1. The molecule has 0 fully saturated rings. The van der Waals surface area contributed by atoms with Crippen LogP contribution in [0.5, 0.6) is 0 Å². The minimum Gasteiger partial charge on any atom is -0.298 e. The van der Waals surface area contributed by atoms with Gasteiger partial charge in [-0.1, -0.05) is 12.1 Å². The fraction of sp³-hybridized carbons (Fsp3) is 0.0909. The van der Waals surface area contributed by atoms with Gasteiger partial charge in [0.25, 0.3) is 0 Å². The van der Waals surface area contributed by atoms with Crippen molar-refractivity contribution in [3.63, 3.8) is 0 Å². The molecule has 0 aliphatic heterocycles. The topological polar surface area (TPSA) is 20.9 Å². The van der Waals surface area contributed by atoms with Crippen LogP contribution >= 0.6 is 0 Å². The van der Waals surface area contributed by atoms with Crippen LogP contribution in [0.15, 0.2) is 36.7 Å². The fourth-order valence-corrected chi connectivity index (χ4v) is 1.46. The van der Waals surface area contributed by atoms with Crippen LogP contribution in [-0.2, 0) is 7.05 Å². The summed E-state index contributed by atoms with van der Waals surface area (Å²) in [6.07, 6.45) is 4.83. The Bertz CT molecular complexity index is 463. The highest BCUT2D eigenvalue weighted by Crippen LogP contribution is 2.14. The zero-order valence-corrected chi connectivity index (χ0v) is 7.40. The third kappa shape index (κ3) is 1.31. The molecule has 13 heavy (non-hydrogen) atoms. The van der Waals surface area contributed by atoms with Gasteiger partial charge in [0.05, 0.1) is 0 Å². The largest absolute Gasteiger partial charge is 0.298 e. The average molecular weight is 172 g/mol. The Morgan fingerprint density at radius 2 is 2.15 bits per heavy atom. The number of aldehydes is 1. The van der Waals surface area contributed by atoms with Gasteiger partial charge in [0.2, 0.25) is 0 Å². The summed E-state index contributed by atoms with van der Waals surface area (Å²) in [4.78, 5) is 10.7. The normalized spacial score (nSPS) is 10.2. The maximum absolute atomic E-state index is 10.7. The predicted octanol–water partition coefficient (Wildman–Crippen LogP) is 1.48. The molecule has 0 saturated carbocycles. The number of benzene rings is 1. The molecule has 64 valence electrons. The third-order valence-electron chi connectivity index (χ3n) is 2.12. The molecular formula is C11H10NO+. The van der Waals surface area contributed by atoms with Crippen LogP contribution in [0.1, 0.15) is 10.4 Å². The Kier molecular flexibility index (Phi) is 1.81. The van der Waals surface area contributed by atoms with E-state index < -0.39 is 0 Å². The molecule has 1 aromatic heterocycles. The lowest BCUT2D eigenvalue weighted by molar-refractivity contribution is -0.670. The van der Waals surface area contributed by atoms with Gasteiger partial charge in [-0.2, -0.15) is 0 Å². The van der Waals surface area contributed by atoms with E-state index in [1.165, 1.54) is 0 Å². The first-order chi connectivity index (χ1) is 6.31. The predicted molar refractivity (Wildman–Crippen MR) is 50.5 cm³/mol. The first-order valence-electron chi connectivity index (χ1n) is 4.14. The fourth-order valence-electron chi connectivity index (χ4n) is 1.46. The summed E-state index contributed by atoms with van der Waals surface area (Å²) in [6.45, 7) is 0. The summed E-state index contributed by atoms with van der Waals surface area (Å²) in [5.74, 6) is 0. The standard InChI is InChI=1S/C11H10NO/c1-12-6-5-11-9(7-12)3-2-4-10(11)8-13/h2-8H,1H3/q+1. The van der Waals surface area contributed by atoms with E-state index in [4.69, 9.17) is 0 Å². The van der Waals surface area contributed by atoms with Gasteiger partial charge in [-0.25, -0.2) is 4.57 Å². The Morgan fingerprint density at radius 1 is 1.31 bits per heavy atom. The highest BCUT2D eigenvalue weighted by atomic mass is 16.1. The lowest BCUT2D eigenvalue weighted by atomic mass is 10.1. The number of hydrogen-bond acceptors (Lipinski definition) is 1. The van der Waals surface area contributed by atoms with Crippen LogP contribution < -0.4 is 4.57 Å². The molecule has 0 unspecified atom stereocenters. The molecule has 0 radical (unpaired) electrons. The van der Waals surface area contributed by atoms with Gasteiger partial charge in [0, 0.05) is 22.4 Å². The summed E-state index contributed by atoms with van der Waals surface area (Å²) in [5, 5.41) is 2.10. The summed E-state index contributed by atoms with van der Waals surface area (Å²) < 4.78 is 1.97. The van der Waals surface area contributed by atoms with Gasteiger partial charge in [-0.05, 0) is 6.07 Å². The van der Waals surface area contributed by atoms with E-state index in [9.17, 15) is 4.79 Å². The quantitative estimate of drug-likeness (QED) is 0.471. The molecule has 1 heterocycles. The zero-order chi connectivity index (χ0) is 9.26. The second-order valence-corrected chi connectivity index (χ2v) is 3.08. The van der Waals surface area contributed by atoms with Crippen molar-refractivity contribution < 1.29 is 9.36 Å². The molecule has 0 aliphatic carbocycles. The maximum Gasteiger partial charge on any atom is 0.176 e. The Balaban J connectivity index is 2.84. The number of pyridine rings is 1. The van der Waals surface area contributed by atoms with E-state index in [2.05, 4.69) is 0 Å². The van der Waals surface area contributed by atoms with E-state index in [1.54, 1.807) is 0 Å². The van der Waals surface area contributed by atoms with E-state index in [1.807, 2.05) is 48.3 Å². The molecule has 2 heteroatoms. The number of carbonyl (C=O) groups is 1. The molecule has 2 aromatic rings. The van der Waals surface area contributed by atoms with Gasteiger partial charge in [0.15, 0.2) is 18.7 Å². The Labute approximate surface area is 76.4 Å². The van der Waals surface area contributed by atoms with Gasteiger partial charge in [-0.3, -0.25) is 4.79 Å². The van der Waals surface area contributed by atoms with Crippen LogP contribution in [-0.4, -0.2) is 6.29 Å². The molecule has 2 rings (SSSR count). The van der Waals surface area contributed by atoms with Gasteiger partial charge < -0.3 is 0 Å². The van der Waals surface area contributed by atoms with Crippen molar-refractivity contribution in [1.82, 2.24) is 0 Å². The molecule has 0 bridgehead atoms.